The Morgan fingerprint density at radius 3 is 2.71 bits per heavy atom. The van der Waals surface area contributed by atoms with E-state index in [1.807, 2.05) is 0 Å². The monoisotopic (exact) mass is 461 g/mol. The van der Waals surface area contributed by atoms with E-state index >= 15 is 0 Å². The van der Waals surface area contributed by atoms with Crippen molar-refractivity contribution in [2.24, 2.45) is 0 Å². The van der Waals surface area contributed by atoms with E-state index < -0.39 is 10.8 Å². The lowest BCUT2D eigenvalue weighted by Gasteiger charge is -2.16. The second-order valence-electron chi connectivity index (χ2n) is 6.70. The second-order valence-corrected chi connectivity index (χ2v) is 8.12. The molecule has 1 fully saturated rings. The molecule has 3 aromatic rings. The zero-order valence-electron chi connectivity index (χ0n) is 15.6. The van der Waals surface area contributed by atoms with Crippen LogP contribution >= 0.6 is 22.9 Å². The van der Waals surface area contributed by atoms with Crippen LogP contribution in [0, 0.1) is 15.9 Å². The van der Waals surface area contributed by atoms with Gasteiger partial charge in [-0.05, 0) is 30.3 Å². The molecule has 1 saturated heterocycles. The van der Waals surface area contributed by atoms with Gasteiger partial charge >= 0.3 is 0 Å². The van der Waals surface area contributed by atoms with E-state index in [1.165, 1.54) is 36.4 Å². The highest BCUT2D eigenvalue weighted by Crippen LogP contribution is 2.34. The van der Waals surface area contributed by atoms with Crippen molar-refractivity contribution in [1.82, 2.24) is 10.2 Å². The molecule has 0 aliphatic carbocycles. The van der Waals surface area contributed by atoms with E-state index in [2.05, 4.69) is 15.5 Å². The average Bonchev–Trinajstić information content (AvgIpc) is 3.35. The minimum absolute atomic E-state index is 0.0594. The molecule has 1 aliphatic rings. The number of aromatic nitrogens is 2. The summed E-state index contributed by atoms with van der Waals surface area (Å²) in [5.41, 5.74) is 0.260. The number of nitrogens with one attached hydrogen (secondary N) is 1. The van der Waals surface area contributed by atoms with Crippen LogP contribution in [0.15, 0.2) is 42.5 Å². The average molecular weight is 462 g/mol. The molecule has 2 heterocycles. The Morgan fingerprint density at radius 2 is 2.00 bits per heavy atom. The van der Waals surface area contributed by atoms with Crippen molar-refractivity contribution in [1.29, 1.82) is 0 Å². The minimum Gasteiger partial charge on any atom is -0.312 e. The van der Waals surface area contributed by atoms with Gasteiger partial charge in [-0.15, -0.1) is 10.2 Å². The molecule has 31 heavy (non-hydrogen) atoms. The molecule has 0 spiro atoms. The van der Waals surface area contributed by atoms with Crippen LogP contribution in [0.2, 0.25) is 5.02 Å². The molecule has 1 unspecified atom stereocenters. The Hall–Kier alpha value is -3.44. The van der Waals surface area contributed by atoms with Gasteiger partial charge in [0.2, 0.25) is 11.0 Å². The second kappa shape index (κ2) is 8.36. The standard InChI is InChI=1S/C19H13ClFN5O4S/c20-15-6-5-13(26(29)30)8-14(15)17(28)22-19-24-23-18(31-19)10-7-16(27)25(9-10)12-3-1-11(21)2-4-12/h1-6,8,10H,7,9H2,(H,22,24,28). The number of carbonyl (C=O) groups is 2. The molecule has 158 valence electrons. The summed E-state index contributed by atoms with van der Waals surface area (Å²) in [5.74, 6) is -1.41. The quantitative estimate of drug-likeness (QED) is 0.453. The number of rotatable bonds is 5. The molecule has 1 atom stereocenters. The van der Waals surface area contributed by atoms with Crippen molar-refractivity contribution >= 4 is 51.3 Å². The third-order valence-corrected chi connectivity index (χ3v) is 6.01. The number of hydrogen-bond acceptors (Lipinski definition) is 7. The molecule has 2 aromatic carbocycles. The molecule has 1 aromatic heterocycles. The first-order chi connectivity index (χ1) is 14.8. The number of benzene rings is 2. The maximum atomic E-state index is 13.1. The topological polar surface area (TPSA) is 118 Å². The maximum Gasteiger partial charge on any atom is 0.270 e. The lowest BCUT2D eigenvalue weighted by Crippen LogP contribution is -2.24. The summed E-state index contributed by atoms with van der Waals surface area (Å²) in [6.45, 7) is 0.351. The summed E-state index contributed by atoms with van der Waals surface area (Å²) in [6.07, 6.45) is 0.205. The van der Waals surface area contributed by atoms with E-state index in [0.717, 1.165) is 17.4 Å². The highest BCUT2D eigenvalue weighted by Gasteiger charge is 2.34. The molecule has 9 nitrogen and oxygen atoms in total. The van der Waals surface area contributed by atoms with E-state index in [9.17, 15) is 24.1 Å². The van der Waals surface area contributed by atoms with Crippen LogP contribution in [-0.2, 0) is 4.79 Å². The lowest BCUT2D eigenvalue weighted by atomic mass is 10.1. The van der Waals surface area contributed by atoms with Gasteiger partial charge in [-0.3, -0.25) is 25.0 Å². The molecule has 0 saturated carbocycles. The lowest BCUT2D eigenvalue weighted by molar-refractivity contribution is -0.384. The predicted octanol–water partition coefficient (Wildman–Crippen LogP) is 4.01. The smallest absolute Gasteiger partial charge is 0.270 e. The predicted molar refractivity (Wildman–Crippen MR) is 112 cm³/mol. The maximum absolute atomic E-state index is 13.1. The summed E-state index contributed by atoms with van der Waals surface area (Å²) in [5, 5.41) is 22.2. The van der Waals surface area contributed by atoms with Crippen LogP contribution < -0.4 is 10.2 Å². The molecule has 0 bridgehead atoms. The molecule has 12 heteroatoms. The van der Waals surface area contributed by atoms with E-state index in [-0.39, 0.29) is 45.5 Å². The number of halogens is 2. The van der Waals surface area contributed by atoms with E-state index in [0.29, 0.717) is 17.2 Å². The highest BCUT2D eigenvalue weighted by atomic mass is 35.5. The van der Waals surface area contributed by atoms with Gasteiger partial charge in [0.15, 0.2) is 0 Å². The Labute approximate surface area is 183 Å². The van der Waals surface area contributed by atoms with Crippen molar-refractivity contribution in [3.05, 3.63) is 74.0 Å². The van der Waals surface area contributed by atoms with Crippen LogP contribution in [0.3, 0.4) is 0 Å². The molecular weight excluding hydrogens is 449 g/mol. The van der Waals surface area contributed by atoms with Crippen molar-refractivity contribution in [2.75, 3.05) is 16.8 Å². The largest absolute Gasteiger partial charge is 0.312 e. The van der Waals surface area contributed by atoms with Gasteiger partial charge in [0.05, 0.1) is 15.5 Å². The molecule has 1 aliphatic heterocycles. The number of nitro groups is 1. The van der Waals surface area contributed by atoms with Crippen LogP contribution in [-0.4, -0.2) is 33.5 Å². The van der Waals surface area contributed by atoms with Gasteiger partial charge in [0.1, 0.15) is 10.8 Å². The fraction of sp³-hybridized carbons (Fsp3) is 0.158. The van der Waals surface area contributed by atoms with Gasteiger partial charge in [-0.25, -0.2) is 4.39 Å². The third kappa shape index (κ3) is 4.37. The first-order valence-electron chi connectivity index (χ1n) is 8.96. The number of anilines is 2. The number of nitro benzene ring substituents is 1. The highest BCUT2D eigenvalue weighted by molar-refractivity contribution is 7.15. The van der Waals surface area contributed by atoms with Crippen molar-refractivity contribution in [3.8, 4) is 0 Å². The number of hydrogen-bond donors (Lipinski definition) is 1. The molecule has 4 rings (SSSR count). The first-order valence-corrected chi connectivity index (χ1v) is 10.2. The molecule has 0 radical (unpaired) electrons. The van der Waals surface area contributed by atoms with Gasteiger partial charge in [0.25, 0.3) is 11.6 Å². The fourth-order valence-electron chi connectivity index (χ4n) is 3.16. The molecule has 1 N–H and O–H groups in total. The SMILES string of the molecule is O=C(Nc1nnc(C2CC(=O)N(c3ccc(F)cc3)C2)s1)c1cc([N+](=O)[O-])ccc1Cl. The molecule has 2 amide bonds. The Bertz CT molecular complexity index is 1190. The van der Waals surface area contributed by atoms with Gasteiger partial charge in [-0.2, -0.15) is 0 Å². The zero-order valence-corrected chi connectivity index (χ0v) is 17.2. The molecular formula is C19H13ClFN5O4S. The Kier molecular flexibility index (Phi) is 5.61. The van der Waals surface area contributed by atoms with Crippen molar-refractivity contribution in [3.63, 3.8) is 0 Å². The Morgan fingerprint density at radius 1 is 1.26 bits per heavy atom. The van der Waals surface area contributed by atoms with Gasteiger partial charge in [0, 0.05) is 36.7 Å². The number of nitrogens with zero attached hydrogens (tertiary/aromatic N) is 4. The number of non-ortho nitro benzene ring substituents is 1. The van der Waals surface area contributed by atoms with Crippen LogP contribution in [0.25, 0.3) is 0 Å². The summed E-state index contributed by atoms with van der Waals surface area (Å²) >= 11 is 7.09. The van der Waals surface area contributed by atoms with Gasteiger partial charge in [-0.1, -0.05) is 22.9 Å². The van der Waals surface area contributed by atoms with Crippen LogP contribution in [0.4, 0.5) is 20.9 Å². The summed E-state index contributed by atoms with van der Waals surface area (Å²) in [7, 11) is 0. The third-order valence-electron chi connectivity index (χ3n) is 4.68. The van der Waals surface area contributed by atoms with Crippen molar-refractivity contribution < 1.29 is 18.9 Å². The van der Waals surface area contributed by atoms with Crippen molar-refractivity contribution in [2.45, 2.75) is 12.3 Å². The normalized spacial score (nSPS) is 15.9. The first kappa shape index (κ1) is 20.8. The summed E-state index contributed by atoms with van der Waals surface area (Å²) in [4.78, 5) is 36.7. The minimum atomic E-state index is -0.660. The van der Waals surface area contributed by atoms with Crippen LogP contribution in [0.5, 0.6) is 0 Å². The number of carbonyl (C=O) groups excluding carboxylic acids is 2. The summed E-state index contributed by atoms with van der Waals surface area (Å²) < 4.78 is 13.1. The van der Waals surface area contributed by atoms with Gasteiger partial charge < -0.3 is 4.90 Å². The zero-order chi connectivity index (χ0) is 22.1. The number of amides is 2. The van der Waals surface area contributed by atoms with Crippen LogP contribution in [0.1, 0.15) is 27.7 Å². The summed E-state index contributed by atoms with van der Waals surface area (Å²) in [6, 6.07) is 9.19. The van der Waals surface area contributed by atoms with E-state index in [4.69, 9.17) is 11.6 Å². The fourth-order valence-corrected chi connectivity index (χ4v) is 4.19. The Balaban J connectivity index is 1.47. The van der Waals surface area contributed by atoms with E-state index in [1.54, 1.807) is 4.90 Å².